The molecule has 2 fully saturated rings. The first-order valence-electron chi connectivity index (χ1n) is 4.34. The lowest BCUT2D eigenvalue weighted by Gasteiger charge is -2.25. The first kappa shape index (κ1) is 7.53. The van der Waals surface area contributed by atoms with Gasteiger partial charge in [0.1, 0.15) is 5.60 Å². The van der Waals surface area contributed by atoms with E-state index in [9.17, 15) is 0 Å². The van der Waals surface area contributed by atoms with Crippen LogP contribution < -0.4 is 5.32 Å². The van der Waals surface area contributed by atoms with Gasteiger partial charge in [0, 0.05) is 19.7 Å². The minimum Gasteiger partial charge on any atom is -0.377 e. The fourth-order valence-corrected chi connectivity index (χ4v) is 1.78. The van der Waals surface area contributed by atoms with E-state index in [1.165, 1.54) is 6.42 Å². The van der Waals surface area contributed by atoms with Gasteiger partial charge < -0.3 is 14.8 Å². The van der Waals surface area contributed by atoms with E-state index in [0.29, 0.717) is 0 Å². The van der Waals surface area contributed by atoms with Crippen molar-refractivity contribution in [1.29, 1.82) is 0 Å². The summed E-state index contributed by atoms with van der Waals surface area (Å²) in [5.41, 5.74) is 0.0243. The lowest BCUT2D eigenvalue weighted by Crippen LogP contribution is -2.41. The molecule has 0 saturated carbocycles. The van der Waals surface area contributed by atoms with E-state index >= 15 is 0 Å². The molecule has 0 aliphatic carbocycles. The summed E-state index contributed by atoms with van der Waals surface area (Å²) < 4.78 is 11.1. The van der Waals surface area contributed by atoms with Crippen LogP contribution in [0.15, 0.2) is 0 Å². The fraction of sp³-hybridized carbons (Fsp3) is 1.00. The van der Waals surface area contributed by atoms with E-state index in [-0.39, 0.29) is 5.60 Å². The van der Waals surface area contributed by atoms with Crippen LogP contribution in [0.25, 0.3) is 0 Å². The Morgan fingerprint density at radius 3 is 3.09 bits per heavy atom. The van der Waals surface area contributed by atoms with Crippen molar-refractivity contribution in [2.24, 2.45) is 0 Å². The maximum Gasteiger partial charge on any atom is 0.104 e. The Morgan fingerprint density at radius 1 is 1.27 bits per heavy atom. The molecule has 1 spiro atoms. The van der Waals surface area contributed by atoms with Gasteiger partial charge in [0.05, 0.1) is 13.2 Å². The Labute approximate surface area is 67.1 Å². The molecule has 0 bridgehead atoms. The van der Waals surface area contributed by atoms with Crippen molar-refractivity contribution >= 4 is 0 Å². The average Bonchev–Trinajstić information content (AvgIpc) is 2.32. The molecule has 2 heterocycles. The van der Waals surface area contributed by atoms with E-state index in [4.69, 9.17) is 9.47 Å². The Morgan fingerprint density at radius 2 is 2.27 bits per heavy atom. The molecule has 1 atom stereocenters. The molecular weight excluding hydrogens is 142 g/mol. The zero-order valence-corrected chi connectivity index (χ0v) is 6.77. The molecule has 64 valence electrons. The molecule has 2 rings (SSSR count). The Kier molecular flexibility index (Phi) is 2.11. The van der Waals surface area contributed by atoms with Gasteiger partial charge in [-0.3, -0.25) is 0 Å². The van der Waals surface area contributed by atoms with Crippen molar-refractivity contribution in [3.63, 3.8) is 0 Å². The molecule has 11 heavy (non-hydrogen) atoms. The second kappa shape index (κ2) is 3.09. The maximum atomic E-state index is 5.67. The van der Waals surface area contributed by atoms with Crippen molar-refractivity contribution in [2.75, 3.05) is 32.9 Å². The summed E-state index contributed by atoms with van der Waals surface area (Å²) >= 11 is 0. The van der Waals surface area contributed by atoms with E-state index in [1.807, 2.05) is 0 Å². The highest BCUT2D eigenvalue weighted by Crippen LogP contribution is 2.25. The quantitative estimate of drug-likeness (QED) is 0.543. The number of rotatable bonds is 0. The molecule has 2 saturated heterocycles. The minimum absolute atomic E-state index is 0.0243. The predicted octanol–water partition coefficient (Wildman–Crippen LogP) is 0.155. The zero-order chi connectivity index (χ0) is 7.57. The molecule has 2 aliphatic rings. The molecule has 1 N–H and O–H groups in total. The normalized spacial score (nSPS) is 39.3. The first-order valence-corrected chi connectivity index (χ1v) is 4.34. The van der Waals surface area contributed by atoms with Crippen molar-refractivity contribution < 1.29 is 9.47 Å². The van der Waals surface area contributed by atoms with Crippen LogP contribution in [-0.4, -0.2) is 38.5 Å². The molecular formula is C8H15NO2. The average molecular weight is 157 g/mol. The van der Waals surface area contributed by atoms with Crippen LogP contribution in [0.5, 0.6) is 0 Å². The standard InChI is InChI=1S/C8H15NO2/c1-2-8(11-4-1)6-9-3-5-10-7-8/h9H,1-7H2. The highest BCUT2D eigenvalue weighted by atomic mass is 16.5. The van der Waals surface area contributed by atoms with Crippen LogP contribution in [0.2, 0.25) is 0 Å². The molecule has 0 amide bonds. The maximum absolute atomic E-state index is 5.67. The van der Waals surface area contributed by atoms with E-state index in [1.54, 1.807) is 0 Å². The SMILES string of the molecule is C1COC2(C1)CNCCOC2. The Bertz CT molecular complexity index is 122. The van der Waals surface area contributed by atoms with Gasteiger partial charge in [0.15, 0.2) is 0 Å². The number of hydrogen-bond donors (Lipinski definition) is 1. The van der Waals surface area contributed by atoms with E-state index in [0.717, 1.165) is 39.3 Å². The van der Waals surface area contributed by atoms with Crippen LogP contribution in [-0.2, 0) is 9.47 Å². The Balaban J connectivity index is 1.97. The summed E-state index contributed by atoms with van der Waals surface area (Å²) in [5, 5.41) is 3.33. The largest absolute Gasteiger partial charge is 0.377 e. The third-order valence-corrected chi connectivity index (χ3v) is 2.42. The predicted molar refractivity (Wildman–Crippen MR) is 41.6 cm³/mol. The molecule has 1 unspecified atom stereocenters. The van der Waals surface area contributed by atoms with Crippen molar-refractivity contribution in [3.05, 3.63) is 0 Å². The van der Waals surface area contributed by atoms with Crippen LogP contribution >= 0.6 is 0 Å². The lowest BCUT2D eigenvalue weighted by atomic mass is 10.0. The molecule has 2 aliphatic heterocycles. The molecule has 0 radical (unpaired) electrons. The first-order chi connectivity index (χ1) is 5.41. The van der Waals surface area contributed by atoms with Gasteiger partial charge in [-0.05, 0) is 12.8 Å². The van der Waals surface area contributed by atoms with Crippen LogP contribution in [0.3, 0.4) is 0 Å². The van der Waals surface area contributed by atoms with Gasteiger partial charge in [-0.2, -0.15) is 0 Å². The monoisotopic (exact) mass is 157 g/mol. The third-order valence-electron chi connectivity index (χ3n) is 2.42. The van der Waals surface area contributed by atoms with Gasteiger partial charge in [0.2, 0.25) is 0 Å². The Hall–Kier alpha value is -0.120. The summed E-state index contributed by atoms with van der Waals surface area (Å²) in [5.74, 6) is 0. The molecule has 0 aromatic rings. The van der Waals surface area contributed by atoms with Crippen molar-refractivity contribution in [3.8, 4) is 0 Å². The van der Waals surface area contributed by atoms with E-state index in [2.05, 4.69) is 5.32 Å². The zero-order valence-electron chi connectivity index (χ0n) is 6.77. The smallest absolute Gasteiger partial charge is 0.104 e. The van der Waals surface area contributed by atoms with Gasteiger partial charge in [-0.1, -0.05) is 0 Å². The van der Waals surface area contributed by atoms with Gasteiger partial charge in [-0.25, -0.2) is 0 Å². The highest BCUT2D eigenvalue weighted by molar-refractivity contribution is 4.88. The van der Waals surface area contributed by atoms with Gasteiger partial charge in [-0.15, -0.1) is 0 Å². The second-order valence-corrected chi connectivity index (χ2v) is 3.36. The summed E-state index contributed by atoms with van der Waals surface area (Å²) in [7, 11) is 0. The lowest BCUT2D eigenvalue weighted by molar-refractivity contribution is -0.0469. The van der Waals surface area contributed by atoms with Crippen molar-refractivity contribution in [2.45, 2.75) is 18.4 Å². The molecule has 0 aromatic carbocycles. The fourth-order valence-electron chi connectivity index (χ4n) is 1.78. The molecule has 3 nitrogen and oxygen atoms in total. The summed E-state index contributed by atoms with van der Waals surface area (Å²) in [6.07, 6.45) is 2.34. The number of ether oxygens (including phenoxy) is 2. The number of nitrogens with one attached hydrogen (secondary N) is 1. The second-order valence-electron chi connectivity index (χ2n) is 3.36. The highest BCUT2D eigenvalue weighted by Gasteiger charge is 2.35. The van der Waals surface area contributed by atoms with Gasteiger partial charge >= 0.3 is 0 Å². The summed E-state index contributed by atoms with van der Waals surface area (Å²) in [6.45, 7) is 4.44. The minimum atomic E-state index is 0.0243. The van der Waals surface area contributed by atoms with Crippen molar-refractivity contribution in [1.82, 2.24) is 5.32 Å². The van der Waals surface area contributed by atoms with Crippen LogP contribution in [0.1, 0.15) is 12.8 Å². The summed E-state index contributed by atoms with van der Waals surface area (Å²) in [6, 6.07) is 0. The van der Waals surface area contributed by atoms with Gasteiger partial charge in [0.25, 0.3) is 0 Å². The van der Waals surface area contributed by atoms with Crippen LogP contribution in [0, 0.1) is 0 Å². The summed E-state index contributed by atoms with van der Waals surface area (Å²) in [4.78, 5) is 0. The molecule has 3 heteroatoms. The molecule has 0 aromatic heterocycles. The topological polar surface area (TPSA) is 30.5 Å². The van der Waals surface area contributed by atoms with Crippen LogP contribution in [0.4, 0.5) is 0 Å². The number of hydrogen-bond acceptors (Lipinski definition) is 3. The third kappa shape index (κ3) is 1.55. The van der Waals surface area contributed by atoms with E-state index < -0.39 is 0 Å².